The fourth-order valence-electron chi connectivity index (χ4n) is 2.49. The molecule has 2 atom stereocenters. The zero-order chi connectivity index (χ0) is 12.1. The molecule has 0 saturated heterocycles. The van der Waals surface area contributed by atoms with Crippen LogP contribution in [0.4, 0.5) is 0 Å². The lowest BCUT2D eigenvalue weighted by molar-refractivity contribution is 0.185. The molecule has 17 heavy (non-hydrogen) atoms. The normalized spacial score (nSPS) is 20.2. The van der Waals surface area contributed by atoms with Gasteiger partial charge >= 0.3 is 0 Å². The number of hydrogen-bond acceptors (Lipinski definition) is 2. The first-order valence-electron chi connectivity index (χ1n) is 6.40. The Morgan fingerprint density at radius 2 is 2.35 bits per heavy atom. The summed E-state index contributed by atoms with van der Waals surface area (Å²) in [5, 5.41) is 3.53. The van der Waals surface area contributed by atoms with Crippen molar-refractivity contribution in [3.8, 4) is 5.75 Å². The molecule has 1 N–H and O–H groups in total. The van der Waals surface area contributed by atoms with Crippen LogP contribution < -0.4 is 10.1 Å². The number of benzene rings is 1. The molecule has 1 aromatic rings. The second-order valence-electron chi connectivity index (χ2n) is 4.57. The zero-order valence-corrected chi connectivity index (χ0v) is 10.5. The Balaban J connectivity index is 2.07. The van der Waals surface area contributed by atoms with Gasteiger partial charge in [-0.2, -0.15) is 0 Å². The van der Waals surface area contributed by atoms with Crippen LogP contribution in [0.3, 0.4) is 0 Å². The zero-order valence-electron chi connectivity index (χ0n) is 10.5. The largest absolute Gasteiger partial charge is 0.493 e. The van der Waals surface area contributed by atoms with Crippen LogP contribution in [0.2, 0.25) is 0 Å². The second kappa shape index (κ2) is 5.87. The average molecular weight is 231 g/mol. The van der Waals surface area contributed by atoms with Crippen molar-refractivity contribution in [3.05, 3.63) is 42.5 Å². The molecular weight excluding hydrogens is 210 g/mol. The third-order valence-corrected chi connectivity index (χ3v) is 3.36. The predicted octanol–water partition coefficient (Wildman–Crippen LogP) is 2.79. The Morgan fingerprint density at radius 1 is 1.53 bits per heavy atom. The first-order valence-corrected chi connectivity index (χ1v) is 6.40. The van der Waals surface area contributed by atoms with Gasteiger partial charge in [0.05, 0.1) is 6.61 Å². The molecule has 1 aliphatic heterocycles. The third-order valence-electron chi connectivity index (χ3n) is 3.36. The maximum absolute atomic E-state index is 5.84. The van der Waals surface area contributed by atoms with E-state index < -0.39 is 0 Å². The molecule has 0 fully saturated rings. The van der Waals surface area contributed by atoms with Crippen molar-refractivity contribution in [2.24, 2.45) is 5.92 Å². The highest BCUT2D eigenvalue weighted by atomic mass is 16.5. The summed E-state index contributed by atoms with van der Waals surface area (Å²) >= 11 is 0. The average Bonchev–Trinajstić information content (AvgIpc) is 2.38. The smallest absolute Gasteiger partial charge is 0.122 e. The van der Waals surface area contributed by atoms with Crippen molar-refractivity contribution in [1.29, 1.82) is 0 Å². The lowest BCUT2D eigenvalue weighted by Crippen LogP contribution is -2.41. The van der Waals surface area contributed by atoms with Gasteiger partial charge in [0, 0.05) is 12.0 Å². The molecule has 2 heteroatoms. The van der Waals surface area contributed by atoms with Crippen LogP contribution in [0.1, 0.15) is 18.9 Å². The summed E-state index contributed by atoms with van der Waals surface area (Å²) in [7, 11) is 0. The van der Waals surface area contributed by atoms with Gasteiger partial charge in [0.2, 0.25) is 0 Å². The summed E-state index contributed by atoms with van der Waals surface area (Å²) in [5.74, 6) is 1.60. The Labute approximate surface area is 104 Å². The first kappa shape index (κ1) is 12.2. The van der Waals surface area contributed by atoms with Crippen LogP contribution >= 0.6 is 0 Å². The number of para-hydroxylation sites is 1. The van der Waals surface area contributed by atoms with Crippen LogP contribution in [0.5, 0.6) is 5.75 Å². The molecule has 0 radical (unpaired) electrons. The number of ether oxygens (including phenoxy) is 1. The molecule has 2 nitrogen and oxygen atoms in total. The quantitative estimate of drug-likeness (QED) is 0.787. The molecule has 2 unspecified atom stereocenters. The SMILES string of the molecule is C=CCC(NCC)C1COc2ccccc2C1. The minimum atomic E-state index is 0.478. The molecule has 1 aliphatic rings. The molecule has 1 heterocycles. The number of hydrogen-bond donors (Lipinski definition) is 1. The van der Waals surface area contributed by atoms with E-state index in [4.69, 9.17) is 4.74 Å². The Kier molecular flexibility index (Phi) is 4.21. The van der Waals surface area contributed by atoms with E-state index in [1.807, 2.05) is 12.1 Å². The number of nitrogens with one attached hydrogen (secondary N) is 1. The Bertz CT molecular complexity index is 375. The molecule has 0 aromatic heterocycles. The number of rotatable bonds is 5. The molecule has 2 rings (SSSR count). The summed E-state index contributed by atoms with van der Waals surface area (Å²) in [6.45, 7) is 7.79. The van der Waals surface area contributed by atoms with Gasteiger partial charge < -0.3 is 10.1 Å². The molecule has 0 amide bonds. The fraction of sp³-hybridized carbons (Fsp3) is 0.467. The van der Waals surface area contributed by atoms with E-state index in [2.05, 4.69) is 37.0 Å². The Morgan fingerprint density at radius 3 is 3.12 bits per heavy atom. The first-order chi connectivity index (χ1) is 8.35. The summed E-state index contributed by atoms with van der Waals surface area (Å²) in [5.41, 5.74) is 1.33. The third kappa shape index (κ3) is 2.89. The highest BCUT2D eigenvalue weighted by molar-refractivity contribution is 5.35. The van der Waals surface area contributed by atoms with Gasteiger partial charge in [-0.05, 0) is 31.0 Å². The maximum atomic E-state index is 5.84. The van der Waals surface area contributed by atoms with E-state index in [1.54, 1.807) is 0 Å². The Hall–Kier alpha value is -1.28. The molecule has 0 aliphatic carbocycles. The molecule has 0 spiro atoms. The predicted molar refractivity (Wildman–Crippen MR) is 71.4 cm³/mol. The van der Waals surface area contributed by atoms with Gasteiger partial charge in [-0.1, -0.05) is 31.2 Å². The monoisotopic (exact) mass is 231 g/mol. The number of fused-ring (bicyclic) bond motifs is 1. The van der Waals surface area contributed by atoms with Gasteiger partial charge in [0.1, 0.15) is 5.75 Å². The van der Waals surface area contributed by atoms with Gasteiger partial charge in [-0.25, -0.2) is 0 Å². The molecule has 0 saturated carbocycles. The fourth-order valence-corrected chi connectivity index (χ4v) is 2.49. The van der Waals surface area contributed by atoms with Gasteiger partial charge in [-0.15, -0.1) is 6.58 Å². The molecule has 0 bridgehead atoms. The summed E-state index contributed by atoms with van der Waals surface area (Å²) in [4.78, 5) is 0. The van der Waals surface area contributed by atoms with Crippen molar-refractivity contribution in [2.45, 2.75) is 25.8 Å². The van der Waals surface area contributed by atoms with Gasteiger partial charge in [0.15, 0.2) is 0 Å². The highest BCUT2D eigenvalue weighted by Crippen LogP contribution is 2.29. The van der Waals surface area contributed by atoms with E-state index >= 15 is 0 Å². The summed E-state index contributed by atoms with van der Waals surface area (Å²) in [6, 6.07) is 8.82. The minimum Gasteiger partial charge on any atom is -0.493 e. The minimum absolute atomic E-state index is 0.478. The van der Waals surface area contributed by atoms with E-state index in [1.165, 1.54) is 5.56 Å². The highest BCUT2D eigenvalue weighted by Gasteiger charge is 2.25. The van der Waals surface area contributed by atoms with E-state index in [-0.39, 0.29) is 0 Å². The molecular formula is C15H21NO. The van der Waals surface area contributed by atoms with Gasteiger partial charge in [0.25, 0.3) is 0 Å². The lowest BCUT2D eigenvalue weighted by atomic mass is 9.88. The van der Waals surface area contributed by atoms with E-state index in [9.17, 15) is 0 Å². The van der Waals surface area contributed by atoms with Crippen LogP contribution in [0.15, 0.2) is 36.9 Å². The lowest BCUT2D eigenvalue weighted by Gasteiger charge is -2.31. The van der Waals surface area contributed by atoms with E-state index in [0.717, 1.165) is 31.7 Å². The van der Waals surface area contributed by atoms with Gasteiger partial charge in [-0.3, -0.25) is 0 Å². The van der Waals surface area contributed by atoms with Crippen molar-refractivity contribution in [3.63, 3.8) is 0 Å². The maximum Gasteiger partial charge on any atom is 0.122 e. The second-order valence-corrected chi connectivity index (χ2v) is 4.57. The van der Waals surface area contributed by atoms with E-state index in [0.29, 0.717) is 12.0 Å². The topological polar surface area (TPSA) is 21.3 Å². The van der Waals surface area contributed by atoms with Crippen molar-refractivity contribution >= 4 is 0 Å². The van der Waals surface area contributed by atoms with Crippen molar-refractivity contribution in [1.82, 2.24) is 5.32 Å². The van der Waals surface area contributed by atoms with Crippen LogP contribution in [0, 0.1) is 5.92 Å². The molecule has 1 aromatic carbocycles. The van der Waals surface area contributed by atoms with Crippen LogP contribution in [0.25, 0.3) is 0 Å². The van der Waals surface area contributed by atoms with Crippen LogP contribution in [-0.2, 0) is 6.42 Å². The molecule has 92 valence electrons. The standard InChI is InChI=1S/C15H21NO/c1-3-7-14(16-4-2)13-10-12-8-5-6-9-15(12)17-11-13/h3,5-6,8-9,13-14,16H,1,4,7,10-11H2,2H3. The van der Waals surface area contributed by atoms with Crippen molar-refractivity contribution in [2.75, 3.05) is 13.2 Å². The summed E-state index contributed by atoms with van der Waals surface area (Å²) < 4.78 is 5.84. The van der Waals surface area contributed by atoms with Crippen LogP contribution in [-0.4, -0.2) is 19.2 Å². The summed E-state index contributed by atoms with van der Waals surface area (Å²) in [6.07, 6.45) is 4.10. The van der Waals surface area contributed by atoms with Crippen molar-refractivity contribution < 1.29 is 4.74 Å².